The Morgan fingerprint density at radius 1 is 0.422 bits per heavy atom. The van der Waals surface area contributed by atoms with Crippen LogP contribution in [0.5, 0.6) is 63.8 Å². The quantitative estimate of drug-likeness (QED) is 0.0135. The van der Waals surface area contributed by atoms with Crippen LogP contribution in [0.4, 0.5) is 55.3 Å². The van der Waals surface area contributed by atoms with Crippen molar-refractivity contribution < 1.29 is 62.2 Å². The zero-order chi connectivity index (χ0) is 94.4. The molecule has 0 saturated heterocycles. The van der Waals surface area contributed by atoms with E-state index in [0.29, 0.717) is 85.7 Å². The van der Waals surface area contributed by atoms with E-state index >= 15 is 0 Å². The third-order valence-corrected chi connectivity index (χ3v) is 17.2. The van der Waals surface area contributed by atoms with Gasteiger partial charge in [-0.05, 0) is 221 Å². The molecule has 0 unspecified atom stereocenters. The van der Waals surface area contributed by atoms with Crippen LogP contribution < -0.4 is 66.5 Å². The number of ether oxygens (including phenoxy) is 8. The summed E-state index contributed by atoms with van der Waals surface area (Å²) in [6.45, 7) is 26.3. The Morgan fingerprint density at radius 3 is 1.15 bits per heavy atom. The number of nitrogens with zero attached hydrogens (tertiary/aromatic N) is 10. The maximum atomic E-state index is 11.8. The van der Waals surface area contributed by atoms with Crippen molar-refractivity contribution in [1.29, 1.82) is 0 Å². The molecule has 0 bridgehead atoms. The first-order valence-corrected chi connectivity index (χ1v) is 41.6. The molecular weight excluding hydrogens is 1860 g/mol. The molecule has 0 aliphatic carbocycles. The lowest BCUT2D eigenvalue weighted by Crippen LogP contribution is -2.27. The number of rotatable bonds is 22. The summed E-state index contributed by atoms with van der Waals surface area (Å²) in [5.41, 5.74) is 16.8. The molecule has 40 heteroatoms. The minimum absolute atomic E-state index is 0.0208. The Balaban J connectivity index is 0.000000238. The van der Waals surface area contributed by atoms with E-state index in [1.807, 2.05) is 30.3 Å². The smallest absolute Gasteiger partial charge is 0.412 e. The number of hydrogen-bond acceptors (Lipinski definition) is 26. The maximum Gasteiger partial charge on any atom is 0.412 e. The van der Waals surface area contributed by atoms with Gasteiger partial charge in [-0.1, -0.05) is 153 Å². The van der Waals surface area contributed by atoms with Gasteiger partial charge >= 0.3 is 12.2 Å². The van der Waals surface area contributed by atoms with E-state index in [1.54, 1.807) is 165 Å². The van der Waals surface area contributed by atoms with Gasteiger partial charge in [-0.2, -0.15) is 19.9 Å². The second kappa shape index (κ2) is 52.2. The molecule has 0 aliphatic heterocycles. The normalized spacial score (nSPS) is 10.4. The number of methoxy groups -OCH3 is 2. The molecule has 674 valence electrons. The van der Waals surface area contributed by atoms with Crippen molar-refractivity contribution in [2.24, 2.45) is 11.8 Å². The van der Waals surface area contributed by atoms with Crippen LogP contribution in [0.25, 0.3) is 0 Å². The molecule has 0 saturated carbocycles. The zero-order valence-electron chi connectivity index (χ0n) is 70.8. The SMILES string of the molecule is C=CC(=O)Nc1cccc(Oc2nc(Cl)ncc2Cl)c1.C=CC(=O)Nc1cccc(Oc2nc(Nc3ccc(CC(C)C)cc3OC)ncc2Cl)c1.CC(C)(C)OC(=O)Nc1cccc(O)c1.CC(C)(C)OC(=O)Nc1cccc(Oc2nc(Cl)ncc2Cl)c1.COc1cc(CC(C)C)ccc1N.Clc1ncc(Cl)c(Cl)n1.Nc1cccc(Oc2nc(Cl)ncc2Cl)c1. The molecule has 10 N–H and O–H groups in total. The van der Waals surface area contributed by atoms with Crippen LogP contribution in [-0.4, -0.2) is 104 Å². The van der Waals surface area contributed by atoms with Gasteiger partial charge in [-0.25, -0.2) is 39.5 Å². The fourth-order valence-corrected chi connectivity index (χ4v) is 11.0. The number of nitrogens with one attached hydrogen (secondary N) is 5. The molecule has 7 aromatic carbocycles. The zero-order valence-corrected chi connectivity index (χ0v) is 78.3. The highest BCUT2D eigenvalue weighted by Gasteiger charge is 2.20. The van der Waals surface area contributed by atoms with E-state index in [4.69, 9.17) is 170 Å². The number of aromatic nitrogens is 10. The van der Waals surface area contributed by atoms with Gasteiger partial charge in [0.15, 0.2) is 5.15 Å². The van der Waals surface area contributed by atoms with Gasteiger partial charge in [0.25, 0.3) is 0 Å². The molecule has 5 aromatic heterocycles. The van der Waals surface area contributed by atoms with Crippen LogP contribution in [0, 0.1) is 11.8 Å². The molecule has 0 aliphatic rings. The number of nitrogen functional groups attached to an aromatic ring is 2. The summed E-state index contributed by atoms with van der Waals surface area (Å²) in [5.74, 6) is 4.94. The molecule has 0 fully saturated rings. The van der Waals surface area contributed by atoms with Crippen molar-refractivity contribution >= 4 is 186 Å². The summed E-state index contributed by atoms with van der Waals surface area (Å²) in [5, 5.41) is 24.4. The Kier molecular flexibility index (Phi) is 42.6. The first kappa shape index (κ1) is 105. The van der Waals surface area contributed by atoms with E-state index in [2.05, 4.69) is 123 Å². The number of amides is 4. The second-order valence-electron chi connectivity index (χ2n) is 28.7. The van der Waals surface area contributed by atoms with Crippen LogP contribution in [0.3, 0.4) is 0 Å². The summed E-state index contributed by atoms with van der Waals surface area (Å²) in [6, 6.07) is 45.4. The summed E-state index contributed by atoms with van der Waals surface area (Å²) in [6.07, 6.45) is 10.2. The van der Waals surface area contributed by atoms with Gasteiger partial charge in [0.1, 0.15) is 71.5 Å². The minimum atomic E-state index is -0.580. The van der Waals surface area contributed by atoms with E-state index in [1.165, 1.54) is 66.4 Å². The van der Waals surface area contributed by atoms with E-state index in [0.717, 1.165) is 24.3 Å². The van der Waals surface area contributed by atoms with Crippen molar-refractivity contribution in [1.82, 2.24) is 49.8 Å². The van der Waals surface area contributed by atoms with Crippen LogP contribution in [-0.2, 0) is 31.9 Å². The van der Waals surface area contributed by atoms with Gasteiger partial charge in [0.05, 0.1) is 61.6 Å². The minimum Gasteiger partial charge on any atom is -0.508 e. The third-order valence-electron chi connectivity index (χ3n) is 14.8. The number of nitrogens with two attached hydrogens (primary N) is 2. The molecular formula is C88H89Cl10N17O13. The Labute approximate surface area is 789 Å². The van der Waals surface area contributed by atoms with E-state index in [-0.39, 0.29) is 87.5 Å². The molecule has 5 heterocycles. The molecule has 12 aromatic rings. The number of phenolic OH excluding ortho intramolecular Hbond substituents is 1. The topological polar surface area (TPSA) is 403 Å². The fourth-order valence-electron chi connectivity index (χ4n) is 9.68. The lowest BCUT2D eigenvalue weighted by atomic mass is 10.0. The Hall–Kier alpha value is -12.2. The number of carbonyl (C=O) groups is 4. The summed E-state index contributed by atoms with van der Waals surface area (Å²) in [7, 11) is 3.26. The van der Waals surface area contributed by atoms with Crippen molar-refractivity contribution in [3.05, 3.63) is 277 Å². The van der Waals surface area contributed by atoms with Crippen molar-refractivity contribution in [2.45, 2.75) is 93.3 Å². The first-order valence-electron chi connectivity index (χ1n) is 37.8. The monoisotopic (exact) mass is 1940 g/mol. The van der Waals surface area contributed by atoms with Crippen LogP contribution >= 0.6 is 116 Å². The largest absolute Gasteiger partial charge is 0.508 e. The number of hydrogen-bond donors (Lipinski definition) is 8. The molecule has 0 radical (unpaired) electrons. The average Bonchev–Trinajstić information content (AvgIpc) is 0.771. The third kappa shape index (κ3) is 39.8. The lowest BCUT2D eigenvalue weighted by Gasteiger charge is -2.19. The second-order valence-corrected chi connectivity index (χ2v) is 32.4. The van der Waals surface area contributed by atoms with Crippen LogP contribution in [0.2, 0.25) is 51.4 Å². The fraction of sp³-hybridized carbons (Fsp3) is 0.205. The molecule has 128 heavy (non-hydrogen) atoms. The highest BCUT2D eigenvalue weighted by atomic mass is 35.5. The highest BCUT2D eigenvalue weighted by Crippen LogP contribution is 2.36. The predicted molar refractivity (Wildman–Crippen MR) is 507 cm³/mol. The molecule has 4 amide bonds. The number of anilines is 8. The average molecular weight is 1950 g/mol. The Bertz CT molecular complexity index is 5750. The van der Waals surface area contributed by atoms with Gasteiger partial charge in [-0.3, -0.25) is 20.2 Å². The first-order chi connectivity index (χ1) is 60.5. The standard InChI is InChI=1S/C24H25ClN4O3.C15H15Cl2N3O3.C13H9Cl2N3O2.C11H15NO3.C11H17NO.C10H7Cl2N3O.C4HCl3N2/c1-5-22(30)27-17-7-6-8-18(13-17)32-23-19(25)14-26-24(29-23)28-20-10-9-16(11-15(2)3)12-21(20)31-4;1-15(2,3)23-14(21)19-9-5-4-6-10(7-9)22-12-11(16)8-18-13(17)20-12;1-2-11(19)17-8-4-3-5-9(6-8)20-12-10(14)7-16-13(15)18-12;1-11(2,3)15-10(14)12-8-5-4-6-9(13)7-8;1-8(2)6-9-4-5-10(12)11(7-9)13-3;11-8-5-14-10(12)15-9(8)16-7-3-1-2-6(13)4-7;5-2-1-8-4(7)9-3(2)6/h5-10,12-15H,1,11H2,2-4H3,(H,27,30)(H,26,28,29);4-8H,1-3H3,(H,19,21);2-7H,1H2,(H,17,19);4-7,13H,1-3H3,(H,12,14);4-5,7-8H,6,12H2,1-3H3;1-5H,13H2;1H. The van der Waals surface area contributed by atoms with Gasteiger partial charge in [-0.15, -0.1) is 0 Å². The Morgan fingerprint density at radius 2 is 0.773 bits per heavy atom. The lowest BCUT2D eigenvalue weighted by molar-refractivity contribution is -0.112. The summed E-state index contributed by atoms with van der Waals surface area (Å²) >= 11 is 57.2. The number of aromatic hydroxyl groups is 1. The predicted octanol–water partition coefficient (Wildman–Crippen LogP) is 25.4. The van der Waals surface area contributed by atoms with Gasteiger partial charge in [0, 0.05) is 58.8 Å². The number of halogens is 10. The van der Waals surface area contributed by atoms with Crippen LogP contribution in [0.15, 0.2) is 214 Å². The molecule has 0 spiro atoms. The van der Waals surface area contributed by atoms with Gasteiger partial charge < -0.3 is 70.4 Å². The van der Waals surface area contributed by atoms with Crippen molar-refractivity contribution in [2.75, 3.05) is 52.3 Å². The molecule has 0 atom stereocenters. The highest BCUT2D eigenvalue weighted by molar-refractivity contribution is 6.41. The van der Waals surface area contributed by atoms with E-state index in [9.17, 15) is 19.2 Å². The summed E-state index contributed by atoms with van der Waals surface area (Å²) < 4.78 is 43.2. The van der Waals surface area contributed by atoms with Crippen molar-refractivity contribution in [3.8, 4) is 63.8 Å². The van der Waals surface area contributed by atoms with Crippen molar-refractivity contribution in [3.63, 3.8) is 0 Å². The molecule has 30 nitrogen and oxygen atoms in total. The number of benzene rings is 7. The van der Waals surface area contributed by atoms with E-state index < -0.39 is 23.4 Å². The number of carbonyl (C=O) groups excluding carboxylic acids is 4. The van der Waals surface area contributed by atoms with Crippen LogP contribution in [0.1, 0.15) is 80.4 Å². The molecule has 12 rings (SSSR count). The maximum absolute atomic E-state index is 11.8. The summed E-state index contributed by atoms with van der Waals surface area (Å²) in [4.78, 5) is 84.4. The number of phenols is 1. The van der Waals surface area contributed by atoms with Gasteiger partial charge in [0.2, 0.25) is 62.4 Å².